The third-order valence-corrected chi connectivity index (χ3v) is 5.29. The highest BCUT2D eigenvalue weighted by Gasteiger charge is 2.16. The molecule has 0 unspecified atom stereocenters. The predicted molar refractivity (Wildman–Crippen MR) is 102 cm³/mol. The average Bonchev–Trinajstić information content (AvgIpc) is 2.66. The first-order valence-corrected chi connectivity index (χ1v) is 9.99. The van der Waals surface area contributed by atoms with E-state index in [4.69, 9.17) is 4.74 Å². The van der Waals surface area contributed by atoms with Gasteiger partial charge in [-0.3, -0.25) is 4.79 Å². The summed E-state index contributed by atoms with van der Waals surface area (Å²) in [6.07, 6.45) is 2.77. The van der Waals surface area contributed by atoms with E-state index in [2.05, 4.69) is 17.0 Å². The first-order valence-electron chi connectivity index (χ1n) is 8.51. The second-order valence-corrected chi connectivity index (χ2v) is 7.58. The molecule has 0 atom stereocenters. The minimum absolute atomic E-state index is 0.0800. The van der Waals surface area contributed by atoms with E-state index in [0.29, 0.717) is 18.0 Å². The summed E-state index contributed by atoms with van der Waals surface area (Å²) < 4.78 is 32.3. The Labute approximate surface area is 154 Å². The minimum atomic E-state index is -3.63. The van der Waals surface area contributed by atoms with Gasteiger partial charge in [0.25, 0.3) is 5.91 Å². The number of unbranched alkanes of at least 4 members (excludes halogenated alkanes) is 2. The summed E-state index contributed by atoms with van der Waals surface area (Å²) in [4.78, 5) is 12.5. The number of carbonyl (C=O) groups excluding carboxylic acids is 1. The Morgan fingerprint density at radius 2 is 1.81 bits per heavy atom. The number of nitrogens with one attached hydrogen (secondary N) is 2. The molecule has 0 spiro atoms. The molecule has 7 heteroatoms. The van der Waals surface area contributed by atoms with Crippen LogP contribution < -0.4 is 14.8 Å². The van der Waals surface area contributed by atoms with E-state index >= 15 is 0 Å². The van der Waals surface area contributed by atoms with Crippen molar-refractivity contribution in [3.63, 3.8) is 0 Å². The van der Waals surface area contributed by atoms with E-state index < -0.39 is 10.0 Å². The zero-order valence-corrected chi connectivity index (χ0v) is 15.8. The van der Waals surface area contributed by atoms with Gasteiger partial charge in [-0.05, 0) is 48.9 Å². The van der Waals surface area contributed by atoms with Crippen molar-refractivity contribution < 1.29 is 17.9 Å². The van der Waals surface area contributed by atoms with Crippen LogP contribution in [0.1, 0.15) is 36.5 Å². The quantitative estimate of drug-likeness (QED) is 0.657. The Balaban J connectivity index is 2.08. The first-order chi connectivity index (χ1) is 12.5. The van der Waals surface area contributed by atoms with Gasteiger partial charge in [-0.15, -0.1) is 0 Å². The van der Waals surface area contributed by atoms with Crippen LogP contribution in [0.3, 0.4) is 0 Å². The number of sulfonamides is 1. The number of ether oxygens (including phenoxy) is 1. The van der Waals surface area contributed by atoms with E-state index in [0.717, 1.165) is 19.3 Å². The predicted octanol–water partition coefficient (Wildman–Crippen LogP) is 3.42. The summed E-state index contributed by atoms with van der Waals surface area (Å²) in [7, 11) is -2.06. The zero-order chi connectivity index (χ0) is 19.0. The van der Waals surface area contributed by atoms with Crippen LogP contribution >= 0.6 is 0 Å². The highest BCUT2D eigenvalue weighted by atomic mass is 32.2. The molecule has 140 valence electrons. The largest absolute Gasteiger partial charge is 0.497 e. The van der Waals surface area contributed by atoms with Crippen LogP contribution in [-0.2, 0) is 10.0 Å². The molecule has 2 N–H and O–H groups in total. The van der Waals surface area contributed by atoms with E-state index in [1.165, 1.54) is 12.1 Å². The van der Waals surface area contributed by atoms with Crippen molar-refractivity contribution in [2.75, 3.05) is 19.0 Å². The Morgan fingerprint density at radius 1 is 1.08 bits per heavy atom. The van der Waals surface area contributed by atoms with Gasteiger partial charge in [-0.1, -0.05) is 25.8 Å². The van der Waals surface area contributed by atoms with Crippen molar-refractivity contribution in [2.24, 2.45) is 0 Å². The van der Waals surface area contributed by atoms with Crippen molar-refractivity contribution in [1.82, 2.24) is 4.72 Å². The Kier molecular flexibility index (Phi) is 7.17. The van der Waals surface area contributed by atoms with Crippen LogP contribution in [0, 0.1) is 0 Å². The third kappa shape index (κ3) is 5.57. The maximum absolute atomic E-state index is 12.4. The van der Waals surface area contributed by atoms with E-state index in [-0.39, 0.29) is 16.4 Å². The molecule has 0 aliphatic carbocycles. The number of methoxy groups -OCH3 is 1. The van der Waals surface area contributed by atoms with Crippen LogP contribution in [0.5, 0.6) is 5.75 Å². The standard InChI is InChI=1S/C19H24N2O4S/c1-3-4-5-13-20-26(23,24)18-8-6-7-15(14-18)19(22)21-16-9-11-17(25-2)12-10-16/h6-12,14,20H,3-5,13H2,1-2H3,(H,21,22). The number of rotatable bonds is 9. The fraction of sp³-hybridized carbons (Fsp3) is 0.316. The summed E-state index contributed by atoms with van der Waals surface area (Å²) in [5, 5.41) is 2.74. The van der Waals surface area contributed by atoms with Crippen LogP contribution in [0.2, 0.25) is 0 Å². The van der Waals surface area contributed by atoms with E-state index in [1.807, 2.05) is 0 Å². The maximum Gasteiger partial charge on any atom is 0.255 e. The van der Waals surface area contributed by atoms with Crippen LogP contribution in [-0.4, -0.2) is 28.0 Å². The molecule has 0 aliphatic heterocycles. The summed E-state index contributed by atoms with van der Waals surface area (Å²) in [6.45, 7) is 2.44. The molecule has 0 heterocycles. The minimum Gasteiger partial charge on any atom is -0.497 e. The number of hydrogen-bond donors (Lipinski definition) is 2. The molecule has 0 aromatic heterocycles. The molecular weight excluding hydrogens is 352 g/mol. The lowest BCUT2D eigenvalue weighted by Crippen LogP contribution is -2.25. The van der Waals surface area contributed by atoms with Gasteiger partial charge < -0.3 is 10.1 Å². The Morgan fingerprint density at radius 3 is 2.46 bits per heavy atom. The molecule has 2 rings (SSSR count). The highest BCUT2D eigenvalue weighted by Crippen LogP contribution is 2.17. The van der Waals surface area contributed by atoms with Gasteiger partial charge in [0.15, 0.2) is 0 Å². The van der Waals surface area contributed by atoms with Crippen molar-refractivity contribution in [3.05, 3.63) is 54.1 Å². The molecule has 0 saturated carbocycles. The second kappa shape index (κ2) is 9.35. The van der Waals surface area contributed by atoms with Crippen molar-refractivity contribution >= 4 is 21.6 Å². The molecule has 26 heavy (non-hydrogen) atoms. The van der Waals surface area contributed by atoms with Crippen LogP contribution in [0.15, 0.2) is 53.4 Å². The third-order valence-electron chi connectivity index (χ3n) is 3.83. The van der Waals surface area contributed by atoms with Crippen LogP contribution in [0.4, 0.5) is 5.69 Å². The van der Waals surface area contributed by atoms with Gasteiger partial charge in [-0.25, -0.2) is 13.1 Å². The van der Waals surface area contributed by atoms with Gasteiger partial charge >= 0.3 is 0 Å². The summed E-state index contributed by atoms with van der Waals surface area (Å²) in [5.74, 6) is 0.309. The molecule has 0 radical (unpaired) electrons. The number of benzene rings is 2. The van der Waals surface area contributed by atoms with Crippen LogP contribution in [0.25, 0.3) is 0 Å². The molecule has 0 saturated heterocycles. The zero-order valence-electron chi connectivity index (χ0n) is 15.0. The van der Waals surface area contributed by atoms with E-state index in [1.54, 1.807) is 43.5 Å². The number of amides is 1. The molecule has 0 fully saturated rings. The SMILES string of the molecule is CCCCCNS(=O)(=O)c1cccc(C(=O)Nc2ccc(OC)cc2)c1. The normalized spacial score (nSPS) is 11.2. The molecule has 0 bridgehead atoms. The molecule has 1 amide bonds. The van der Waals surface area contributed by atoms with Gasteiger partial charge in [-0.2, -0.15) is 0 Å². The molecular formula is C19H24N2O4S. The van der Waals surface area contributed by atoms with E-state index in [9.17, 15) is 13.2 Å². The lowest BCUT2D eigenvalue weighted by atomic mass is 10.2. The Bertz CT molecular complexity index is 833. The second-order valence-electron chi connectivity index (χ2n) is 5.82. The summed E-state index contributed by atoms with van der Waals surface area (Å²) >= 11 is 0. The summed E-state index contributed by atoms with van der Waals surface area (Å²) in [5.41, 5.74) is 0.874. The first kappa shape index (κ1) is 19.9. The molecule has 2 aromatic rings. The fourth-order valence-corrected chi connectivity index (χ4v) is 3.47. The lowest BCUT2D eigenvalue weighted by molar-refractivity contribution is 0.102. The van der Waals surface area contributed by atoms with Gasteiger partial charge in [0.05, 0.1) is 12.0 Å². The maximum atomic E-state index is 12.4. The van der Waals surface area contributed by atoms with Crippen molar-refractivity contribution in [3.8, 4) is 5.75 Å². The van der Waals surface area contributed by atoms with Crippen molar-refractivity contribution in [2.45, 2.75) is 31.1 Å². The number of carbonyl (C=O) groups is 1. The monoisotopic (exact) mass is 376 g/mol. The highest BCUT2D eigenvalue weighted by molar-refractivity contribution is 7.89. The van der Waals surface area contributed by atoms with Gasteiger partial charge in [0.2, 0.25) is 10.0 Å². The van der Waals surface area contributed by atoms with Gasteiger partial charge in [0, 0.05) is 17.8 Å². The lowest BCUT2D eigenvalue weighted by Gasteiger charge is -2.09. The van der Waals surface area contributed by atoms with Gasteiger partial charge in [0.1, 0.15) is 5.75 Å². The number of anilines is 1. The smallest absolute Gasteiger partial charge is 0.255 e. The molecule has 2 aromatic carbocycles. The number of hydrogen-bond acceptors (Lipinski definition) is 4. The average molecular weight is 376 g/mol. The van der Waals surface area contributed by atoms with Crippen molar-refractivity contribution in [1.29, 1.82) is 0 Å². The molecule has 6 nitrogen and oxygen atoms in total. The fourth-order valence-electron chi connectivity index (χ4n) is 2.35. The Hall–Kier alpha value is -2.38. The topological polar surface area (TPSA) is 84.5 Å². The molecule has 0 aliphatic rings. The summed E-state index contributed by atoms with van der Waals surface area (Å²) in [6, 6.07) is 12.9.